The number of allylic oxidation sites excluding steroid dienone is 1. The van der Waals surface area contributed by atoms with Gasteiger partial charge in [0, 0.05) is 24.2 Å². The summed E-state index contributed by atoms with van der Waals surface area (Å²) in [6, 6.07) is 12.8. The second-order valence-electron chi connectivity index (χ2n) is 7.03. The summed E-state index contributed by atoms with van der Waals surface area (Å²) in [7, 11) is 0. The average Bonchev–Trinajstić information content (AvgIpc) is 3.47. The van der Waals surface area contributed by atoms with E-state index in [1.807, 2.05) is 24.3 Å². The molecule has 0 atom stereocenters. The molecule has 2 aliphatic rings. The van der Waals surface area contributed by atoms with Crippen LogP contribution in [0.4, 0.5) is 11.6 Å². The van der Waals surface area contributed by atoms with E-state index in [0.717, 1.165) is 36.0 Å². The Morgan fingerprint density at radius 2 is 1.84 bits per heavy atom. The van der Waals surface area contributed by atoms with Gasteiger partial charge in [-0.15, -0.1) is 0 Å². The van der Waals surface area contributed by atoms with Crippen molar-refractivity contribution in [1.29, 1.82) is 0 Å². The number of aromatic nitrogens is 2. The number of benzene rings is 1. The molecule has 0 unspecified atom stereocenters. The van der Waals surface area contributed by atoms with Gasteiger partial charge in [0.25, 0.3) is 0 Å². The van der Waals surface area contributed by atoms with Gasteiger partial charge in [-0.2, -0.15) is 0 Å². The van der Waals surface area contributed by atoms with Gasteiger partial charge in [-0.1, -0.05) is 42.0 Å². The fraction of sp³-hybridized carbons (Fsp3) is 0.429. The van der Waals surface area contributed by atoms with E-state index < -0.39 is 0 Å². The van der Waals surface area contributed by atoms with Crippen molar-refractivity contribution in [3.63, 3.8) is 0 Å². The molecule has 1 heterocycles. The standard InChI is InChI=1S/C21H26N4/c1-3-7-16(8-4-1)13-14-22-19-15-20(23-18-11-12-18)25-21(24-19)17-9-5-2-6-10-17/h2,5-7,9-10,15,18H,1,3-4,8,11-14H2,(H2,22,23,24,25). The molecule has 25 heavy (non-hydrogen) atoms. The number of hydrogen-bond acceptors (Lipinski definition) is 4. The number of hydrogen-bond donors (Lipinski definition) is 2. The molecule has 1 aromatic heterocycles. The van der Waals surface area contributed by atoms with Crippen LogP contribution in [-0.2, 0) is 0 Å². The summed E-state index contributed by atoms with van der Waals surface area (Å²) in [6.45, 7) is 0.931. The predicted molar refractivity (Wildman–Crippen MR) is 104 cm³/mol. The molecule has 0 spiro atoms. The fourth-order valence-corrected chi connectivity index (χ4v) is 3.25. The Hall–Kier alpha value is -2.36. The van der Waals surface area contributed by atoms with E-state index in [2.05, 4.69) is 28.8 Å². The Kier molecular flexibility index (Phi) is 4.96. The molecule has 2 N–H and O–H groups in total. The zero-order chi connectivity index (χ0) is 16.9. The van der Waals surface area contributed by atoms with E-state index in [1.54, 1.807) is 5.57 Å². The summed E-state index contributed by atoms with van der Waals surface area (Å²) < 4.78 is 0. The van der Waals surface area contributed by atoms with Crippen molar-refractivity contribution in [2.45, 2.75) is 51.0 Å². The van der Waals surface area contributed by atoms with Gasteiger partial charge < -0.3 is 10.6 Å². The first kappa shape index (κ1) is 16.1. The molecule has 130 valence electrons. The lowest BCUT2D eigenvalue weighted by Crippen LogP contribution is -2.09. The lowest BCUT2D eigenvalue weighted by Gasteiger charge is -2.14. The summed E-state index contributed by atoms with van der Waals surface area (Å²) >= 11 is 0. The predicted octanol–water partition coefficient (Wildman–Crippen LogP) is 5.02. The second kappa shape index (κ2) is 7.68. The quantitative estimate of drug-likeness (QED) is 0.698. The van der Waals surface area contributed by atoms with Crippen LogP contribution in [0.2, 0.25) is 0 Å². The maximum Gasteiger partial charge on any atom is 0.163 e. The Morgan fingerprint density at radius 3 is 2.60 bits per heavy atom. The molecule has 4 rings (SSSR count). The van der Waals surface area contributed by atoms with Gasteiger partial charge in [-0.05, 0) is 44.9 Å². The van der Waals surface area contributed by atoms with Crippen molar-refractivity contribution in [3.8, 4) is 11.4 Å². The summed E-state index contributed by atoms with van der Waals surface area (Å²) in [5.41, 5.74) is 2.65. The van der Waals surface area contributed by atoms with Crippen LogP contribution >= 0.6 is 0 Å². The Labute approximate surface area is 149 Å². The van der Waals surface area contributed by atoms with E-state index in [4.69, 9.17) is 9.97 Å². The first-order chi connectivity index (χ1) is 12.4. The summed E-state index contributed by atoms with van der Waals surface area (Å²) in [5, 5.41) is 7.01. The smallest absolute Gasteiger partial charge is 0.163 e. The Bertz CT molecular complexity index is 735. The largest absolute Gasteiger partial charge is 0.370 e. The zero-order valence-corrected chi connectivity index (χ0v) is 14.7. The van der Waals surface area contributed by atoms with Crippen molar-refractivity contribution in [2.24, 2.45) is 0 Å². The van der Waals surface area contributed by atoms with Crippen molar-refractivity contribution in [3.05, 3.63) is 48.0 Å². The average molecular weight is 334 g/mol. The summed E-state index contributed by atoms with van der Waals surface area (Å²) in [4.78, 5) is 9.44. The minimum absolute atomic E-state index is 0.582. The third kappa shape index (κ3) is 4.59. The maximum absolute atomic E-state index is 4.73. The van der Waals surface area contributed by atoms with Crippen LogP contribution in [0.1, 0.15) is 44.9 Å². The minimum Gasteiger partial charge on any atom is -0.370 e. The van der Waals surface area contributed by atoms with E-state index >= 15 is 0 Å². The van der Waals surface area contributed by atoms with Crippen LogP contribution in [0.5, 0.6) is 0 Å². The van der Waals surface area contributed by atoms with Crippen LogP contribution in [0.15, 0.2) is 48.0 Å². The highest BCUT2D eigenvalue weighted by atomic mass is 15.1. The third-order valence-electron chi connectivity index (χ3n) is 4.82. The SMILES string of the molecule is C1=C(CCNc2cc(NC3CC3)nc(-c3ccccc3)n2)CCCC1. The van der Waals surface area contributed by atoms with Crippen LogP contribution in [0, 0.1) is 0 Å². The molecule has 0 bridgehead atoms. The third-order valence-corrected chi connectivity index (χ3v) is 4.82. The van der Waals surface area contributed by atoms with Crippen molar-refractivity contribution in [2.75, 3.05) is 17.2 Å². The van der Waals surface area contributed by atoms with E-state index in [-0.39, 0.29) is 0 Å². The number of anilines is 2. The Balaban J connectivity index is 1.48. The van der Waals surface area contributed by atoms with Crippen molar-refractivity contribution < 1.29 is 0 Å². The molecule has 0 amide bonds. The molecule has 2 aromatic rings. The van der Waals surface area contributed by atoms with Crippen molar-refractivity contribution >= 4 is 11.6 Å². The first-order valence-corrected chi connectivity index (χ1v) is 9.50. The van der Waals surface area contributed by atoms with Gasteiger partial charge in [0.15, 0.2) is 5.82 Å². The van der Waals surface area contributed by atoms with Crippen LogP contribution in [0.3, 0.4) is 0 Å². The van der Waals surface area contributed by atoms with Crippen LogP contribution in [0.25, 0.3) is 11.4 Å². The first-order valence-electron chi connectivity index (χ1n) is 9.50. The maximum atomic E-state index is 4.73. The van der Waals surface area contributed by atoms with Gasteiger partial charge in [0.2, 0.25) is 0 Å². The normalized spacial score (nSPS) is 17.0. The molecule has 2 aliphatic carbocycles. The molecule has 1 fully saturated rings. The van der Waals surface area contributed by atoms with Gasteiger partial charge in [-0.25, -0.2) is 9.97 Å². The van der Waals surface area contributed by atoms with E-state index in [1.165, 1.54) is 38.5 Å². The topological polar surface area (TPSA) is 49.8 Å². The van der Waals surface area contributed by atoms with E-state index in [9.17, 15) is 0 Å². The van der Waals surface area contributed by atoms with Gasteiger partial charge in [0.05, 0.1) is 0 Å². The number of rotatable bonds is 7. The van der Waals surface area contributed by atoms with Gasteiger partial charge >= 0.3 is 0 Å². The summed E-state index contributed by atoms with van der Waals surface area (Å²) in [6.07, 6.45) is 11.2. The second-order valence-corrected chi connectivity index (χ2v) is 7.03. The minimum atomic E-state index is 0.582. The molecule has 1 aromatic carbocycles. The molecule has 4 nitrogen and oxygen atoms in total. The van der Waals surface area contributed by atoms with Crippen molar-refractivity contribution in [1.82, 2.24) is 9.97 Å². The number of nitrogens with one attached hydrogen (secondary N) is 2. The molecule has 0 radical (unpaired) electrons. The molecule has 0 saturated heterocycles. The molecule has 1 saturated carbocycles. The monoisotopic (exact) mass is 334 g/mol. The highest BCUT2D eigenvalue weighted by Crippen LogP contribution is 2.27. The van der Waals surface area contributed by atoms with Crippen LogP contribution in [-0.4, -0.2) is 22.6 Å². The highest BCUT2D eigenvalue weighted by molar-refractivity contribution is 5.61. The van der Waals surface area contributed by atoms with Gasteiger partial charge in [-0.3, -0.25) is 0 Å². The molecular weight excluding hydrogens is 308 g/mol. The van der Waals surface area contributed by atoms with Crippen LogP contribution < -0.4 is 10.6 Å². The fourth-order valence-electron chi connectivity index (χ4n) is 3.25. The zero-order valence-electron chi connectivity index (χ0n) is 14.7. The molecule has 4 heteroatoms. The highest BCUT2D eigenvalue weighted by Gasteiger charge is 2.22. The van der Waals surface area contributed by atoms with Gasteiger partial charge in [0.1, 0.15) is 11.6 Å². The number of nitrogens with zero attached hydrogens (tertiary/aromatic N) is 2. The Morgan fingerprint density at radius 1 is 1.00 bits per heavy atom. The molecular formula is C21H26N4. The van der Waals surface area contributed by atoms with E-state index in [0.29, 0.717) is 6.04 Å². The lowest BCUT2D eigenvalue weighted by molar-refractivity contribution is 0.679. The molecule has 0 aliphatic heterocycles. The lowest BCUT2D eigenvalue weighted by atomic mass is 9.97. The summed E-state index contributed by atoms with van der Waals surface area (Å²) in [5.74, 6) is 2.62.